The first-order chi connectivity index (χ1) is 23.8. The number of rotatable bonds is 19. The first-order valence-corrected chi connectivity index (χ1v) is 16.9. The number of para-hydroxylation sites is 1. The highest BCUT2D eigenvalue weighted by Gasteiger charge is 2.32. The van der Waals surface area contributed by atoms with Gasteiger partial charge in [-0.2, -0.15) is 12.6 Å². The number of hydrogen-bond acceptors (Lipinski definition) is 8. The van der Waals surface area contributed by atoms with Crippen LogP contribution in [0.5, 0.6) is 0 Å². The lowest BCUT2D eigenvalue weighted by atomic mass is 10.0. The second kappa shape index (κ2) is 19.2. The van der Waals surface area contributed by atoms with Crippen LogP contribution >= 0.6 is 12.6 Å². The van der Waals surface area contributed by atoms with E-state index < -0.39 is 59.8 Å². The molecule has 0 aliphatic carbocycles. The monoisotopic (exact) mass is 709 g/mol. The first kappa shape index (κ1) is 39.3. The molecule has 0 fully saturated rings. The van der Waals surface area contributed by atoms with Crippen LogP contribution in [0.4, 0.5) is 0 Å². The molecule has 0 spiro atoms. The highest BCUT2D eigenvalue weighted by atomic mass is 32.1. The Balaban J connectivity index is 1.91. The number of carboxylic acid groups (broad SMARTS) is 1. The third-order valence-electron chi connectivity index (χ3n) is 8.08. The summed E-state index contributed by atoms with van der Waals surface area (Å²) in [6.07, 6.45) is 2.15. The summed E-state index contributed by atoms with van der Waals surface area (Å²) < 4.78 is 0. The molecule has 3 aromatic rings. The Morgan fingerprint density at radius 3 is 2.00 bits per heavy atom. The highest BCUT2D eigenvalue weighted by Crippen LogP contribution is 2.19. The van der Waals surface area contributed by atoms with E-state index in [-0.39, 0.29) is 49.9 Å². The van der Waals surface area contributed by atoms with Crippen LogP contribution in [-0.4, -0.2) is 88.2 Å². The fourth-order valence-electron chi connectivity index (χ4n) is 5.16. The smallest absolute Gasteiger partial charge is 0.327 e. The fraction of sp³-hybridized carbons (Fsp3) is 0.412. The van der Waals surface area contributed by atoms with E-state index in [1.165, 1.54) is 0 Å². The molecule has 0 aliphatic rings. The Bertz CT molecular complexity index is 1630. The van der Waals surface area contributed by atoms with Crippen molar-refractivity contribution in [3.05, 3.63) is 71.9 Å². The minimum Gasteiger partial charge on any atom is -0.480 e. The van der Waals surface area contributed by atoms with Gasteiger partial charge in [-0.1, -0.05) is 62.4 Å². The highest BCUT2D eigenvalue weighted by molar-refractivity contribution is 7.80. The minimum absolute atomic E-state index is 0.00711. The lowest BCUT2D eigenvalue weighted by molar-refractivity contribution is -0.141. The zero-order chi connectivity index (χ0) is 36.8. The molecule has 0 aliphatic heterocycles. The molecule has 0 saturated heterocycles. The van der Waals surface area contributed by atoms with Crippen LogP contribution in [0.1, 0.15) is 37.8 Å². The molecule has 15 nitrogen and oxygen atoms in total. The van der Waals surface area contributed by atoms with Crippen molar-refractivity contribution in [3.8, 4) is 0 Å². The Hall–Kier alpha value is -5.09. The Kier molecular flexibility index (Phi) is 15.1. The summed E-state index contributed by atoms with van der Waals surface area (Å²) in [5, 5.41) is 31.0. The van der Waals surface area contributed by atoms with E-state index in [9.17, 15) is 29.1 Å². The first-order valence-electron chi connectivity index (χ1n) is 16.3. The van der Waals surface area contributed by atoms with Gasteiger partial charge in [-0.15, -0.1) is 0 Å². The van der Waals surface area contributed by atoms with Gasteiger partial charge in [0.25, 0.3) is 0 Å². The van der Waals surface area contributed by atoms with Crippen LogP contribution in [0.25, 0.3) is 10.9 Å². The maximum absolute atomic E-state index is 14.0. The van der Waals surface area contributed by atoms with E-state index in [2.05, 4.69) is 44.2 Å². The van der Waals surface area contributed by atoms with Gasteiger partial charge in [-0.3, -0.25) is 24.6 Å². The largest absolute Gasteiger partial charge is 0.480 e. The number of nitrogens with two attached hydrogens (primary N) is 2. The second-order valence-electron chi connectivity index (χ2n) is 12.3. The van der Waals surface area contributed by atoms with Crippen LogP contribution in [0, 0.1) is 11.3 Å². The Morgan fingerprint density at radius 2 is 1.38 bits per heavy atom. The molecule has 0 unspecified atom stereocenters. The molecule has 16 heteroatoms. The van der Waals surface area contributed by atoms with Crippen LogP contribution in [-0.2, 0) is 36.8 Å². The van der Waals surface area contributed by atoms with Crippen molar-refractivity contribution in [1.82, 2.24) is 31.6 Å². The number of hydrogen-bond donors (Lipinski definition) is 11. The average molecular weight is 710 g/mol. The molecule has 3 rings (SSSR count). The molecule has 4 amide bonds. The van der Waals surface area contributed by atoms with E-state index in [0.29, 0.717) is 5.56 Å². The normalized spacial score (nSPS) is 14.1. The van der Waals surface area contributed by atoms with Gasteiger partial charge >= 0.3 is 5.97 Å². The van der Waals surface area contributed by atoms with Gasteiger partial charge in [0.1, 0.15) is 24.2 Å². The number of carbonyl (C=O) groups is 5. The van der Waals surface area contributed by atoms with Crippen molar-refractivity contribution < 1.29 is 29.1 Å². The fourth-order valence-corrected chi connectivity index (χ4v) is 5.41. The van der Waals surface area contributed by atoms with Crippen molar-refractivity contribution in [2.75, 3.05) is 12.3 Å². The van der Waals surface area contributed by atoms with Crippen molar-refractivity contribution in [2.45, 2.75) is 69.7 Å². The van der Waals surface area contributed by atoms with Crippen LogP contribution in [0.3, 0.4) is 0 Å². The number of aromatic nitrogens is 1. The van der Waals surface area contributed by atoms with Gasteiger partial charge in [0.2, 0.25) is 23.6 Å². The number of aromatic amines is 1. The van der Waals surface area contributed by atoms with Crippen molar-refractivity contribution in [3.63, 3.8) is 0 Å². The summed E-state index contributed by atoms with van der Waals surface area (Å²) in [6, 6.07) is 10.6. The molecule has 1 heterocycles. The van der Waals surface area contributed by atoms with E-state index in [1.54, 1.807) is 44.3 Å². The Labute approximate surface area is 296 Å². The number of nitrogens with one attached hydrogen (secondary N) is 7. The number of benzene rings is 2. The molecule has 270 valence electrons. The number of H-pyrrole nitrogens is 1. The number of carboxylic acids is 1. The molecular formula is C34H47N9O6S. The van der Waals surface area contributed by atoms with Gasteiger partial charge in [0, 0.05) is 42.2 Å². The number of aliphatic carboxylic acids is 1. The SMILES string of the molecule is CC(C)[C@H](N)C(=O)N[C@H](Cc1ccccc1)C(=O)N[C@@H](CCCNC(=N)N)C(=O)N[C@@H](Cc1c[nH]c2ccccc12)C(=O)N[C@@H](CS)C(=O)O. The summed E-state index contributed by atoms with van der Waals surface area (Å²) in [4.78, 5) is 69.1. The third kappa shape index (κ3) is 11.8. The van der Waals surface area contributed by atoms with Gasteiger partial charge in [0.05, 0.1) is 6.04 Å². The molecular weight excluding hydrogens is 662 g/mol. The number of amides is 4. The molecule has 5 atom stereocenters. The predicted octanol–water partition coefficient (Wildman–Crippen LogP) is 0.153. The number of fused-ring (bicyclic) bond motifs is 1. The Morgan fingerprint density at radius 1 is 0.820 bits per heavy atom. The number of thiol groups is 1. The number of carbonyl (C=O) groups excluding carboxylic acids is 4. The summed E-state index contributed by atoms with van der Waals surface area (Å²) in [5.41, 5.74) is 13.7. The van der Waals surface area contributed by atoms with Crippen LogP contribution in [0.2, 0.25) is 0 Å². The summed E-state index contributed by atoms with van der Waals surface area (Å²) >= 11 is 4.04. The van der Waals surface area contributed by atoms with Crippen LogP contribution < -0.4 is 38.1 Å². The lowest BCUT2D eigenvalue weighted by Gasteiger charge is -2.27. The maximum Gasteiger partial charge on any atom is 0.327 e. The minimum atomic E-state index is -1.32. The van der Waals surface area contributed by atoms with E-state index in [4.69, 9.17) is 16.9 Å². The maximum atomic E-state index is 14.0. The van der Waals surface area contributed by atoms with Crippen molar-refractivity contribution in [2.24, 2.45) is 17.4 Å². The molecule has 1 aromatic heterocycles. The zero-order valence-corrected chi connectivity index (χ0v) is 29.0. The quantitative estimate of drug-likeness (QED) is 0.0350. The van der Waals surface area contributed by atoms with Crippen molar-refractivity contribution in [1.29, 1.82) is 5.41 Å². The van der Waals surface area contributed by atoms with E-state index in [0.717, 1.165) is 16.5 Å². The molecule has 0 bridgehead atoms. The predicted molar refractivity (Wildman–Crippen MR) is 193 cm³/mol. The van der Waals surface area contributed by atoms with Crippen molar-refractivity contribution >= 4 is 59.1 Å². The summed E-state index contributed by atoms with van der Waals surface area (Å²) in [5.74, 6) is -4.62. The molecule has 50 heavy (non-hydrogen) atoms. The second-order valence-corrected chi connectivity index (χ2v) is 12.6. The number of guanidine groups is 1. The topological polar surface area (TPSA) is 257 Å². The van der Waals surface area contributed by atoms with Gasteiger partial charge in [-0.05, 0) is 36.0 Å². The third-order valence-corrected chi connectivity index (χ3v) is 8.45. The molecule has 2 aromatic carbocycles. The molecule has 12 N–H and O–H groups in total. The van der Waals surface area contributed by atoms with E-state index in [1.807, 2.05) is 30.3 Å². The van der Waals surface area contributed by atoms with Crippen LogP contribution in [0.15, 0.2) is 60.8 Å². The summed E-state index contributed by atoms with van der Waals surface area (Å²) in [7, 11) is 0. The average Bonchev–Trinajstić information content (AvgIpc) is 3.49. The molecule has 0 radical (unpaired) electrons. The van der Waals surface area contributed by atoms with Gasteiger partial charge in [-0.25, -0.2) is 4.79 Å². The van der Waals surface area contributed by atoms with Gasteiger partial charge in [0.15, 0.2) is 5.96 Å². The van der Waals surface area contributed by atoms with Gasteiger partial charge < -0.3 is 48.1 Å². The molecule has 0 saturated carbocycles. The standard InChI is InChI=1S/C34H47N9O6S/c1-19(2)28(35)32(47)42-25(15-20-9-4-3-5-10-20)30(45)40-24(13-8-14-38-34(36)37)29(44)41-26(31(46)43-27(18-50)33(48)49)16-21-17-39-23-12-7-6-11-22(21)23/h3-7,9-12,17,19,24-28,39,50H,8,13-16,18,35H2,1-2H3,(H,40,45)(H,41,44)(H,42,47)(H,43,46)(H,48,49)(H4,36,37,38)/t24-,25+,26-,27-,28-/m0/s1. The van der Waals surface area contributed by atoms with E-state index >= 15 is 0 Å². The zero-order valence-electron chi connectivity index (χ0n) is 28.1. The lowest BCUT2D eigenvalue weighted by Crippen LogP contribution is -2.59. The summed E-state index contributed by atoms with van der Waals surface area (Å²) in [6.45, 7) is 3.78.